The average Bonchev–Trinajstić information content (AvgIpc) is 1.90. The van der Waals surface area contributed by atoms with Gasteiger partial charge in [-0.1, -0.05) is 34.4 Å². The molecule has 0 spiro atoms. The fourth-order valence-corrected chi connectivity index (χ4v) is 1.24. The lowest BCUT2D eigenvalue weighted by molar-refractivity contribution is 1.08. The molecule has 1 heterocycles. The third-order valence-electron chi connectivity index (χ3n) is 0.930. The summed E-state index contributed by atoms with van der Waals surface area (Å²) in [4.78, 5) is 8.31. The highest BCUT2D eigenvalue weighted by Crippen LogP contribution is 2.08. The fourth-order valence-electron chi connectivity index (χ4n) is 0.515. The molecule has 0 radical (unpaired) electrons. The number of nitrogens with zero attached hydrogens (tertiary/aromatic N) is 2. The smallest absolute Gasteiger partial charge is 0.182 e. The second-order valence-corrected chi connectivity index (χ2v) is 3.99. The Morgan fingerprint density at radius 1 is 1.89 bits per heavy atom. The largest absolute Gasteiger partial charge is 0.259 e. The number of thioether (sulfide) groups is 1. The summed E-state index contributed by atoms with van der Waals surface area (Å²) in [5.74, 6) is 0. The normalized spacial score (nSPS) is 26.0. The van der Waals surface area contributed by atoms with Crippen LogP contribution in [0.25, 0.3) is 0 Å². The van der Waals surface area contributed by atoms with Crippen molar-refractivity contribution in [1.82, 2.24) is 0 Å². The van der Waals surface area contributed by atoms with Crippen LogP contribution in [-0.2, 0) is 0 Å². The van der Waals surface area contributed by atoms with Crippen molar-refractivity contribution in [2.45, 2.75) is 3.92 Å². The maximum absolute atomic E-state index is 4.20. The third kappa shape index (κ3) is 2.25. The molecule has 0 aromatic carbocycles. The van der Waals surface area contributed by atoms with Crippen LogP contribution in [0.1, 0.15) is 0 Å². The van der Waals surface area contributed by atoms with E-state index in [0.29, 0.717) is 3.92 Å². The number of aliphatic imine (C=N–C) groups is 2. The fraction of sp³-hybridized carbons (Fsp3) is 0.600. The summed E-state index contributed by atoms with van der Waals surface area (Å²) in [6, 6.07) is 0. The predicted molar refractivity (Wildman–Crippen MR) is 52.1 cm³/mol. The number of amidine groups is 1. The van der Waals surface area contributed by atoms with Crippen LogP contribution in [0.2, 0.25) is 0 Å². The van der Waals surface area contributed by atoms with E-state index in [4.69, 9.17) is 0 Å². The van der Waals surface area contributed by atoms with Crippen molar-refractivity contribution in [3.63, 3.8) is 0 Å². The Kier molecular flexibility index (Phi) is 2.97. The number of halogens is 1. The molecule has 1 rings (SSSR count). The van der Waals surface area contributed by atoms with Gasteiger partial charge in [0.15, 0.2) is 5.17 Å². The first-order valence-electron chi connectivity index (χ1n) is 2.59. The van der Waals surface area contributed by atoms with Crippen LogP contribution in [0.3, 0.4) is 0 Å². The maximum Gasteiger partial charge on any atom is 0.182 e. The lowest BCUT2D eigenvalue weighted by Gasteiger charge is -2.05. The van der Waals surface area contributed by atoms with E-state index in [2.05, 4.69) is 32.6 Å². The molecular weight excluding hydrogens is 247 g/mol. The van der Waals surface area contributed by atoms with Gasteiger partial charge in [0.25, 0.3) is 0 Å². The van der Waals surface area contributed by atoms with Gasteiger partial charge in [0.05, 0.1) is 10.5 Å². The van der Waals surface area contributed by atoms with E-state index in [0.717, 1.165) is 11.7 Å². The van der Waals surface area contributed by atoms with Gasteiger partial charge in [-0.05, 0) is 6.26 Å². The second-order valence-electron chi connectivity index (χ2n) is 1.62. The Bertz CT molecular complexity index is 155. The zero-order valence-electron chi connectivity index (χ0n) is 5.04. The second kappa shape index (κ2) is 3.55. The molecule has 0 N–H and O–H groups in total. The van der Waals surface area contributed by atoms with E-state index < -0.39 is 0 Å². The molecule has 0 unspecified atom stereocenters. The molecule has 0 saturated heterocycles. The Hall–Kier alpha value is 0.420. The van der Waals surface area contributed by atoms with E-state index >= 15 is 0 Å². The van der Waals surface area contributed by atoms with Gasteiger partial charge in [0.1, 0.15) is 0 Å². The van der Waals surface area contributed by atoms with Gasteiger partial charge in [0.2, 0.25) is 0 Å². The number of hydrogen-bond donors (Lipinski definition) is 0. The standard InChI is InChI=1S/C5H7IN2S/c1-9-5-7-2-4(6)3-8-5/h2,4H,3H2,1H3/t4-/m0/s1. The molecule has 50 valence electrons. The van der Waals surface area contributed by atoms with Gasteiger partial charge in [0, 0.05) is 6.21 Å². The summed E-state index contributed by atoms with van der Waals surface area (Å²) < 4.78 is 0.499. The first-order chi connectivity index (χ1) is 4.33. The molecule has 1 aliphatic heterocycles. The van der Waals surface area contributed by atoms with Crippen LogP contribution >= 0.6 is 34.4 Å². The molecule has 2 nitrogen and oxygen atoms in total. The highest BCUT2D eigenvalue weighted by Gasteiger charge is 2.04. The summed E-state index contributed by atoms with van der Waals surface area (Å²) >= 11 is 3.91. The first kappa shape index (κ1) is 7.53. The zero-order valence-corrected chi connectivity index (χ0v) is 8.02. The topological polar surface area (TPSA) is 24.7 Å². The molecule has 0 aromatic rings. The van der Waals surface area contributed by atoms with Crippen molar-refractivity contribution in [1.29, 1.82) is 0 Å². The summed E-state index contributed by atoms with van der Waals surface area (Å²) in [5.41, 5.74) is 0. The third-order valence-corrected chi connectivity index (χ3v) is 2.25. The van der Waals surface area contributed by atoms with E-state index in [1.807, 2.05) is 12.5 Å². The van der Waals surface area contributed by atoms with Crippen molar-refractivity contribution >= 4 is 45.7 Å². The van der Waals surface area contributed by atoms with Crippen molar-refractivity contribution in [2.24, 2.45) is 9.98 Å². The lowest BCUT2D eigenvalue weighted by Crippen LogP contribution is -2.11. The van der Waals surface area contributed by atoms with E-state index in [-0.39, 0.29) is 0 Å². The molecule has 4 heteroatoms. The number of rotatable bonds is 0. The van der Waals surface area contributed by atoms with Gasteiger partial charge >= 0.3 is 0 Å². The minimum absolute atomic E-state index is 0.499. The molecule has 0 fully saturated rings. The first-order valence-corrected chi connectivity index (χ1v) is 5.06. The van der Waals surface area contributed by atoms with Crippen molar-refractivity contribution < 1.29 is 0 Å². The number of alkyl halides is 1. The minimum Gasteiger partial charge on any atom is -0.259 e. The Morgan fingerprint density at radius 2 is 2.67 bits per heavy atom. The minimum atomic E-state index is 0.499. The molecule has 0 amide bonds. The van der Waals surface area contributed by atoms with Crippen LogP contribution in [0.5, 0.6) is 0 Å². The Morgan fingerprint density at radius 3 is 3.11 bits per heavy atom. The van der Waals surface area contributed by atoms with Crippen molar-refractivity contribution in [3.05, 3.63) is 0 Å². The monoisotopic (exact) mass is 254 g/mol. The predicted octanol–water partition coefficient (Wildman–Crippen LogP) is 1.59. The lowest BCUT2D eigenvalue weighted by atomic mass is 10.4. The summed E-state index contributed by atoms with van der Waals surface area (Å²) in [7, 11) is 0. The van der Waals surface area contributed by atoms with Crippen LogP contribution in [0.15, 0.2) is 9.98 Å². The van der Waals surface area contributed by atoms with Gasteiger partial charge in [-0.3, -0.25) is 4.99 Å². The highest BCUT2D eigenvalue weighted by atomic mass is 127. The summed E-state index contributed by atoms with van der Waals surface area (Å²) in [6.45, 7) is 0.889. The quantitative estimate of drug-likeness (QED) is 0.476. The van der Waals surface area contributed by atoms with Crippen LogP contribution in [0, 0.1) is 0 Å². The molecule has 0 saturated carbocycles. The van der Waals surface area contributed by atoms with Gasteiger partial charge < -0.3 is 0 Å². The Labute approximate surface area is 72.4 Å². The van der Waals surface area contributed by atoms with Gasteiger partial charge in [-0.2, -0.15) is 0 Å². The van der Waals surface area contributed by atoms with Crippen LogP contribution < -0.4 is 0 Å². The van der Waals surface area contributed by atoms with Crippen LogP contribution in [0.4, 0.5) is 0 Å². The molecule has 0 aliphatic carbocycles. The molecule has 1 aliphatic rings. The molecular formula is C5H7IN2S. The van der Waals surface area contributed by atoms with Crippen molar-refractivity contribution in [3.8, 4) is 0 Å². The molecule has 9 heavy (non-hydrogen) atoms. The van der Waals surface area contributed by atoms with Crippen LogP contribution in [-0.4, -0.2) is 28.1 Å². The number of hydrogen-bond acceptors (Lipinski definition) is 3. The highest BCUT2D eigenvalue weighted by molar-refractivity contribution is 14.1. The molecule has 1 atom stereocenters. The average molecular weight is 254 g/mol. The van der Waals surface area contributed by atoms with Gasteiger partial charge in [-0.25, -0.2) is 4.99 Å². The van der Waals surface area contributed by atoms with Crippen molar-refractivity contribution in [2.75, 3.05) is 12.8 Å². The molecule has 0 bridgehead atoms. The molecule has 0 aromatic heterocycles. The van der Waals surface area contributed by atoms with E-state index in [9.17, 15) is 0 Å². The van der Waals surface area contributed by atoms with E-state index in [1.54, 1.807) is 11.8 Å². The zero-order chi connectivity index (χ0) is 6.69. The van der Waals surface area contributed by atoms with Gasteiger partial charge in [-0.15, -0.1) is 0 Å². The summed E-state index contributed by atoms with van der Waals surface area (Å²) in [5, 5.41) is 0.905. The van der Waals surface area contributed by atoms with E-state index in [1.165, 1.54) is 0 Å². The SMILES string of the molecule is CSC1=NC[C@@H](I)C=N1. The Balaban J connectivity index is 2.52. The maximum atomic E-state index is 4.20. The summed E-state index contributed by atoms with van der Waals surface area (Å²) in [6.07, 6.45) is 3.93.